The third-order valence-corrected chi connectivity index (χ3v) is 5.56. The topological polar surface area (TPSA) is 47.9 Å². The lowest BCUT2D eigenvalue weighted by molar-refractivity contribution is -0.129. The van der Waals surface area contributed by atoms with Crippen LogP contribution in [0.2, 0.25) is 0 Å². The monoisotopic (exact) mass is 495 g/mol. The number of cyclic esters (lactones) is 1. The number of nitrogens with zero attached hydrogens (tertiary/aromatic N) is 1. The van der Waals surface area contributed by atoms with Crippen LogP contribution in [0.25, 0.3) is 6.08 Å². The molecule has 0 radical (unpaired) electrons. The fourth-order valence-electron chi connectivity index (χ4n) is 2.97. The molecule has 0 N–H and O–H groups in total. The van der Waals surface area contributed by atoms with E-state index in [-0.39, 0.29) is 5.70 Å². The van der Waals surface area contributed by atoms with Crippen LogP contribution in [-0.4, -0.2) is 11.9 Å². The zero-order valence-corrected chi connectivity index (χ0v) is 17.9. The maximum atomic E-state index is 12.3. The van der Waals surface area contributed by atoms with E-state index >= 15 is 0 Å². The van der Waals surface area contributed by atoms with Gasteiger partial charge in [-0.2, -0.15) is 0 Å². The molecule has 144 valence electrons. The summed E-state index contributed by atoms with van der Waals surface area (Å²) in [6.07, 6.45) is 1.72. The van der Waals surface area contributed by atoms with Gasteiger partial charge in [0.1, 0.15) is 12.4 Å². The molecule has 0 aliphatic carbocycles. The molecule has 5 heteroatoms. The summed E-state index contributed by atoms with van der Waals surface area (Å²) in [5, 5.41) is 0. The van der Waals surface area contributed by atoms with Gasteiger partial charge >= 0.3 is 5.97 Å². The highest BCUT2D eigenvalue weighted by atomic mass is 127. The number of aryl methyl sites for hydroxylation is 1. The second kappa shape index (κ2) is 8.61. The number of carbonyl (C=O) groups is 1. The molecule has 0 fully saturated rings. The van der Waals surface area contributed by atoms with Crippen LogP contribution in [0.4, 0.5) is 0 Å². The van der Waals surface area contributed by atoms with Gasteiger partial charge in [0.2, 0.25) is 5.90 Å². The summed E-state index contributed by atoms with van der Waals surface area (Å²) in [6, 6.07) is 23.4. The van der Waals surface area contributed by atoms with Crippen molar-refractivity contribution < 1.29 is 14.3 Å². The summed E-state index contributed by atoms with van der Waals surface area (Å²) >= 11 is 2.30. The lowest BCUT2D eigenvalue weighted by atomic mass is 10.1. The lowest BCUT2D eigenvalue weighted by Gasteiger charge is -2.08. The zero-order chi connectivity index (χ0) is 20.2. The van der Waals surface area contributed by atoms with Crippen LogP contribution in [0.5, 0.6) is 5.75 Å². The Kier molecular flexibility index (Phi) is 5.76. The van der Waals surface area contributed by atoms with E-state index in [2.05, 4.69) is 33.6 Å². The Balaban J connectivity index is 1.54. The van der Waals surface area contributed by atoms with Crippen molar-refractivity contribution in [1.29, 1.82) is 0 Å². The van der Waals surface area contributed by atoms with Gasteiger partial charge in [-0.25, -0.2) is 9.79 Å². The Morgan fingerprint density at radius 2 is 1.83 bits per heavy atom. The number of hydrogen-bond acceptors (Lipinski definition) is 4. The van der Waals surface area contributed by atoms with Crippen molar-refractivity contribution in [3.63, 3.8) is 0 Å². The first kappa shape index (κ1) is 19.4. The number of esters is 1. The number of ether oxygens (including phenoxy) is 2. The van der Waals surface area contributed by atoms with Crippen molar-refractivity contribution in [2.75, 3.05) is 0 Å². The molecule has 4 rings (SSSR count). The van der Waals surface area contributed by atoms with Gasteiger partial charge < -0.3 is 9.47 Å². The van der Waals surface area contributed by atoms with Crippen LogP contribution in [0.15, 0.2) is 83.5 Å². The highest BCUT2D eigenvalue weighted by Gasteiger charge is 2.24. The van der Waals surface area contributed by atoms with Gasteiger partial charge in [0, 0.05) is 14.7 Å². The van der Waals surface area contributed by atoms with E-state index in [1.54, 1.807) is 6.08 Å². The molecule has 0 amide bonds. The minimum Gasteiger partial charge on any atom is -0.489 e. The van der Waals surface area contributed by atoms with Gasteiger partial charge in [0.05, 0.1) is 0 Å². The SMILES string of the molecule is Cc1ccccc1C1=N/C(=C\c2cccc(OCc3ccccc3I)c2)C(=O)O1. The first-order chi connectivity index (χ1) is 14.1. The minimum atomic E-state index is -0.451. The first-order valence-electron chi connectivity index (χ1n) is 9.15. The fraction of sp³-hybridized carbons (Fsp3) is 0.0833. The molecule has 0 saturated heterocycles. The van der Waals surface area contributed by atoms with Gasteiger partial charge in [-0.1, -0.05) is 48.5 Å². The quantitative estimate of drug-likeness (QED) is 0.266. The van der Waals surface area contributed by atoms with Crippen LogP contribution in [0.3, 0.4) is 0 Å². The molecule has 1 aliphatic rings. The summed E-state index contributed by atoms with van der Waals surface area (Å²) < 4.78 is 12.5. The van der Waals surface area contributed by atoms with Crippen molar-refractivity contribution >= 4 is 40.5 Å². The summed E-state index contributed by atoms with van der Waals surface area (Å²) in [5.41, 5.74) is 4.05. The van der Waals surface area contributed by atoms with Crippen molar-refractivity contribution in [3.8, 4) is 5.75 Å². The predicted octanol–water partition coefficient (Wildman–Crippen LogP) is 5.52. The Morgan fingerprint density at radius 3 is 2.66 bits per heavy atom. The second-order valence-electron chi connectivity index (χ2n) is 6.60. The second-order valence-corrected chi connectivity index (χ2v) is 7.77. The van der Waals surface area contributed by atoms with E-state index in [0.29, 0.717) is 12.5 Å². The standard InChI is InChI=1S/C24H18INO3/c1-16-7-2-4-11-20(16)23-26-22(24(27)29-23)14-17-8-6-10-19(13-17)28-15-18-9-3-5-12-21(18)25/h2-14H,15H2,1H3/b22-14-. The van der Waals surface area contributed by atoms with Crippen LogP contribution >= 0.6 is 22.6 Å². The van der Waals surface area contributed by atoms with Gasteiger partial charge in [-0.05, 0) is 71.0 Å². The molecule has 3 aromatic rings. The molecule has 0 saturated carbocycles. The van der Waals surface area contributed by atoms with E-state index in [9.17, 15) is 4.79 Å². The third kappa shape index (κ3) is 4.56. The molecule has 0 aromatic heterocycles. The summed E-state index contributed by atoms with van der Waals surface area (Å²) in [6.45, 7) is 2.44. The van der Waals surface area contributed by atoms with Gasteiger partial charge in [0.15, 0.2) is 5.70 Å². The zero-order valence-electron chi connectivity index (χ0n) is 15.8. The minimum absolute atomic E-state index is 0.276. The number of aliphatic imine (C=N–C) groups is 1. The Hall–Kier alpha value is -2.93. The Labute approximate surface area is 183 Å². The molecule has 4 nitrogen and oxygen atoms in total. The van der Waals surface area contributed by atoms with Crippen LogP contribution in [-0.2, 0) is 16.1 Å². The van der Waals surface area contributed by atoms with E-state index in [0.717, 1.165) is 31.6 Å². The molecule has 1 heterocycles. The maximum Gasteiger partial charge on any atom is 0.363 e. The van der Waals surface area contributed by atoms with E-state index in [1.165, 1.54) is 0 Å². The maximum absolute atomic E-state index is 12.3. The third-order valence-electron chi connectivity index (χ3n) is 4.51. The summed E-state index contributed by atoms with van der Waals surface area (Å²) in [7, 11) is 0. The summed E-state index contributed by atoms with van der Waals surface area (Å²) in [5.74, 6) is 0.618. The molecule has 0 spiro atoms. The lowest BCUT2D eigenvalue weighted by Crippen LogP contribution is -2.06. The number of rotatable bonds is 5. The molecular formula is C24H18INO3. The van der Waals surface area contributed by atoms with Crippen molar-refractivity contribution in [3.05, 3.63) is 104 Å². The molecule has 3 aromatic carbocycles. The number of benzene rings is 3. The molecule has 0 atom stereocenters. The number of halogens is 1. The van der Waals surface area contributed by atoms with Gasteiger partial charge in [-0.3, -0.25) is 0 Å². The van der Waals surface area contributed by atoms with Gasteiger partial charge in [0.25, 0.3) is 0 Å². The Morgan fingerprint density at radius 1 is 1.03 bits per heavy atom. The van der Waals surface area contributed by atoms with Crippen LogP contribution in [0, 0.1) is 10.5 Å². The molecule has 0 bridgehead atoms. The molecule has 1 aliphatic heterocycles. The average molecular weight is 495 g/mol. The highest BCUT2D eigenvalue weighted by Crippen LogP contribution is 2.23. The molecule has 0 unspecified atom stereocenters. The Bertz CT molecular complexity index is 1130. The highest BCUT2D eigenvalue weighted by molar-refractivity contribution is 14.1. The molecule has 29 heavy (non-hydrogen) atoms. The first-order valence-corrected chi connectivity index (χ1v) is 10.2. The van der Waals surface area contributed by atoms with E-state index < -0.39 is 5.97 Å². The predicted molar refractivity (Wildman–Crippen MR) is 122 cm³/mol. The largest absolute Gasteiger partial charge is 0.489 e. The average Bonchev–Trinajstić information content (AvgIpc) is 3.08. The fourth-order valence-corrected chi connectivity index (χ4v) is 3.51. The number of carbonyl (C=O) groups excluding carboxylic acids is 1. The normalized spacial score (nSPS) is 14.6. The van der Waals surface area contributed by atoms with E-state index in [4.69, 9.17) is 9.47 Å². The van der Waals surface area contributed by atoms with Crippen LogP contribution < -0.4 is 4.74 Å². The van der Waals surface area contributed by atoms with Gasteiger partial charge in [-0.15, -0.1) is 0 Å². The van der Waals surface area contributed by atoms with Crippen LogP contribution in [0.1, 0.15) is 22.3 Å². The van der Waals surface area contributed by atoms with Crippen molar-refractivity contribution in [2.45, 2.75) is 13.5 Å². The van der Waals surface area contributed by atoms with E-state index in [1.807, 2.05) is 73.7 Å². The number of hydrogen-bond donors (Lipinski definition) is 0. The summed E-state index contributed by atoms with van der Waals surface area (Å²) in [4.78, 5) is 16.7. The van der Waals surface area contributed by atoms with Crippen molar-refractivity contribution in [1.82, 2.24) is 0 Å². The molecular weight excluding hydrogens is 477 g/mol. The van der Waals surface area contributed by atoms with Crippen molar-refractivity contribution in [2.24, 2.45) is 4.99 Å². The smallest absolute Gasteiger partial charge is 0.363 e.